The fraction of sp³-hybridized carbons (Fsp3) is 0.667. The molecular weight excluding hydrogens is 192 g/mol. The van der Waals surface area contributed by atoms with Gasteiger partial charge in [-0.1, -0.05) is 6.08 Å². The summed E-state index contributed by atoms with van der Waals surface area (Å²) in [6.45, 7) is 1.44. The Morgan fingerprint density at radius 1 is 1.60 bits per heavy atom. The summed E-state index contributed by atoms with van der Waals surface area (Å²) in [5, 5.41) is 0. The fourth-order valence-electron chi connectivity index (χ4n) is 2.83. The Balaban J connectivity index is 2.15. The van der Waals surface area contributed by atoms with E-state index >= 15 is 0 Å². The first kappa shape index (κ1) is 10.4. The number of carbonyl (C=O) groups is 2. The van der Waals surface area contributed by atoms with Crippen molar-refractivity contribution in [3.8, 4) is 0 Å². The summed E-state index contributed by atoms with van der Waals surface area (Å²) in [5.41, 5.74) is -0.0858. The van der Waals surface area contributed by atoms with Crippen LogP contribution in [0, 0.1) is 5.41 Å². The van der Waals surface area contributed by atoms with Gasteiger partial charge >= 0.3 is 5.97 Å². The lowest BCUT2D eigenvalue weighted by Gasteiger charge is -2.35. The molecule has 0 aromatic heterocycles. The molecule has 1 spiro atoms. The van der Waals surface area contributed by atoms with Gasteiger partial charge in [0.1, 0.15) is 6.10 Å². The number of esters is 1. The van der Waals surface area contributed by atoms with Crippen molar-refractivity contribution in [3.63, 3.8) is 0 Å². The number of ketones is 1. The van der Waals surface area contributed by atoms with Crippen LogP contribution < -0.4 is 0 Å². The highest BCUT2D eigenvalue weighted by Gasteiger charge is 2.46. The Hall–Kier alpha value is -1.12. The summed E-state index contributed by atoms with van der Waals surface area (Å²) < 4.78 is 5.33. The van der Waals surface area contributed by atoms with Gasteiger partial charge in [-0.3, -0.25) is 9.59 Å². The Morgan fingerprint density at radius 2 is 2.40 bits per heavy atom. The zero-order valence-corrected chi connectivity index (χ0v) is 8.99. The van der Waals surface area contributed by atoms with Crippen LogP contribution >= 0.6 is 0 Å². The van der Waals surface area contributed by atoms with E-state index in [9.17, 15) is 9.59 Å². The minimum Gasteiger partial charge on any atom is -0.462 e. The first-order chi connectivity index (χ1) is 7.12. The van der Waals surface area contributed by atoms with Gasteiger partial charge in [0.25, 0.3) is 0 Å². The number of ether oxygens (including phenoxy) is 1. The maximum absolute atomic E-state index is 11.4. The molecule has 2 aliphatic carbocycles. The van der Waals surface area contributed by atoms with Gasteiger partial charge in [0.2, 0.25) is 0 Å². The Morgan fingerprint density at radius 3 is 3.07 bits per heavy atom. The molecule has 0 bridgehead atoms. The molecule has 0 radical (unpaired) electrons. The quantitative estimate of drug-likeness (QED) is 0.619. The summed E-state index contributed by atoms with van der Waals surface area (Å²) in [6, 6.07) is 0. The molecule has 0 aromatic carbocycles. The second kappa shape index (κ2) is 3.80. The van der Waals surface area contributed by atoms with E-state index in [1.165, 1.54) is 6.92 Å². The molecule has 2 atom stereocenters. The highest BCUT2D eigenvalue weighted by atomic mass is 16.5. The van der Waals surface area contributed by atoms with Crippen LogP contribution in [-0.4, -0.2) is 17.9 Å². The van der Waals surface area contributed by atoms with E-state index in [0.29, 0.717) is 6.42 Å². The van der Waals surface area contributed by atoms with Crippen LogP contribution in [0.15, 0.2) is 12.2 Å². The predicted molar refractivity (Wildman–Crippen MR) is 55.2 cm³/mol. The van der Waals surface area contributed by atoms with Crippen LogP contribution in [0.1, 0.15) is 39.0 Å². The summed E-state index contributed by atoms with van der Waals surface area (Å²) in [4.78, 5) is 22.4. The van der Waals surface area contributed by atoms with E-state index in [2.05, 4.69) is 0 Å². The van der Waals surface area contributed by atoms with Crippen molar-refractivity contribution < 1.29 is 14.3 Å². The third-order valence-electron chi connectivity index (χ3n) is 3.49. The van der Waals surface area contributed by atoms with Gasteiger partial charge < -0.3 is 4.74 Å². The van der Waals surface area contributed by atoms with E-state index < -0.39 is 0 Å². The van der Waals surface area contributed by atoms with E-state index in [4.69, 9.17) is 4.74 Å². The summed E-state index contributed by atoms with van der Waals surface area (Å²) in [5.74, 6) is -0.0661. The smallest absolute Gasteiger partial charge is 0.302 e. The summed E-state index contributed by atoms with van der Waals surface area (Å²) in [6.07, 6.45) is 7.89. The minimum atomic E-state index is -0.233. The van der Waals surface area contributed by atoms with Crippen LogP contribution in [0.25, 0.3) is 0 Å². The van der Waals surface area contributed by atoms with Crippen LogP contribution in [0.5, 0.6) is 0 Å². The molecule has 2 aliphatic rings. The van der Waals surface area contributed by atoms with E-state index in [1.807, 2.05) is 6.08 Å². The normalized spacial score (nSPS) is 34.7. The molecule has 1 saturated carbocycles. The van der Waals surface area contributed by atoms with Crippen LogP contribution in [0.4, 0.5) is 0 Å². The van der Waals surface area contributed by atoms with Crippen molar-refractivity contribution in [2.75, 3.05) is 0 Å². The topological polar surface area (TPSA) is 43.4 Å². The lowest BCUT2D eigenvalue weighted by atomic mass is 9.73. The monoisotopic (exact) mass is 208 g/mol. The molecule has 0 aromatic rings. The zero-order valence-electron chi connectivity index (χ0n) is 8.99. The van der Waals surface area contributed by atoms with Crippen molar-refractivity contribution >= 4 is 11.8 Å². The number of allylic oxidation sites excluding steroid dienone is 2. The van der Waals surface area contributed by atoms with Crippen LogP contribution in [0.2, 0.25) is 0 Å². The molecule has 0 unspecified atom stereocenters. The zero-order chi connectivity index (χ0) is 10.9. The maximum Gasteiger partial charge on any atom is 0.302 e. The molecule has 82 valence electrons. The van der Waals surface area contributed by atoms with E-state index in [0.717, 1.165) is 25.7 Å². The second-order valence-electron chi connectivity index (χ2n) is 4.60. The molecule has 15 heavy (non-hydrogen) atoms. The number of carbonyl (C=O) groups excluding carboxylic acids is 2. The molecule has 0 heterocycles. The molecule has 0 saturated heterocycles. The average Bonchev–Trinajstić information content (AvgIpc) is 2.48. The summed E-state index contributed by atoms with van der Waals surface area (Å²) >= 11 is 0. The van der Waals surface area contributed by atoms with Gasteiger partial charge in [-0.05, 0) is 31.8 Å². The second-order valence-corrected chi connectivity index (χ2v) is 4.60. The number of hydrogen-bond acceptors (Lipinski definition) is 3. The lowest BCUT2D eigenvalue weighted by Crippen LogP contribution is -2.36. The molecule has 0 aliphatic heterocycles. The first-order valence-corrected chi connectivity index (χ1v) is 5.49. The Bertz CT molecular complexity index is 319. The molecular formula is C12H16O3. The Kier molecular flexibility index (Phi) is 2.63. The molecule has 3 heteroatoms. The number of hydrogen-bond donors (Lipinski definition) is 0. The van der Waals surface area contributed by atoms with Gasteiger partial charge in [-0.2, -0.15) is 0 Å². The summed E-state index contributed by atoms with van der Waals surface area (Å²) in [7, 11) is 0. The van der Waals surface area contributed by atoms with Gasteiger partial charge in [-0.15, -0.1) is 0 Å². The minimum absolute atomic E-state index is 0.0519. The number of rotatable bonds is 1. The van der Waals surface area contributed by atoms with E-state index in [-0.39, 0.29) is 23.3 Å². The van der Waals surface area contributed by atoms with Crippen LogP contribution in [0.3, 0.4) is 0 Å². The highest BCUT2D eigenvalue weighted by molar-refractivity contribution is 5.91. The van der Waals surface area contributed by atoms with Crippen molar-refractivity contribution in [1.82, 2.24) is 0 Å². The SMILES string of the molecule is CC(=O)O[C@H]1CCC[C@@]12CC=CC(=O)C2. The Labute approximate surface area is 89.5 Å². The maximum atomic E-state index is 11.4. The standard InChI is InChI=1S/C12H16O3/c1-9(13)15-11-5-3-7-12(11)6-2-4-10(14)8-12/h2,4,11H,3,5-8H2,1H3/t11-,12+/m0/s1. The van der Waals surface area contributed by atoms with Crippen LogP contribution in [-0.2, 0) is 14.3 Å². The molecule has 3 nitrogen and oxygen atoms in total. The van der Waals surface area contributed by atoms with Gasteiger partial charge in [-0.25, -0.2) is 0 Å². The van der Waals surface area contributed by atoms with Gasteiger partial charge in [0.15, 0.2) is 5.78 Å². The van der Waals surface area contributed by atoms with Crippen molar-refractivity contribution in [1.29, 1.82) is 0 Å². The van der Waals surface area contributed by atoms with Crippen molar-refractivity contribution in [3.05, 3.63) is 12.2 Å². The molecule has 1 fully saturated rings. The van der Waals surface area contributed by atoms with Crippen molar-refractivity contribution in [2.45, 2.75) is 45.1 Å². The highest BCUT2D eigenvalue weighted by Crippen LogP contribution is 2.47. The molecule has 0 N–H and O–H groups in total. The molecule has 0 amide bonds. The van der Waals surface area contributed by atoms with Crippen molar-refractivity contribution in [2.24, 2.45) is 5.41 Å². The third-order valence-corrected chi connectivity index (χ3v) is 3.49. The third kappa shape index (κ3) is 1.96. The molecule has 2 rings (SSSR count). The largest absolute Gasteiger partial charge is 0.462 e. The van der Waals surface area contributed by atoms with E-state index in [1.54, 1.807) is 6.08 Å². The van der Waals surface area contributed by atoms with Gasteiger partial charge in [0.05, 0.1) is 0 Å². The van der Waals surface area contributed by atoms with Gasteiger partial charge in [0, 0.05) is 18.8 Å². The average molecular weight is 208 g/mol. The first-order valence-electron chi connectivity index (χ1n) is 5.49. The fourth-order valence-corrected chi connectivity index (χ4v) is 2.83. The lowest BCUT2D eigenvalue weighted by molar-refractivity contribution is -0.153. The predicted octanol–water partition coefficient (Wildman–Crippen LogP) is 2.01.